The van der Waals surface area contributed by atoms with Gasteiger partial charge in [0, 0.05) is 45.0 Å². The van der Waals surface area contributed by atoms with E-state index in [9.17, 15) is 10.5 Å². The van der Waals surface area contributed by atoms with Crippen molar-refractivity contribution in [2.75, 3.05) is 9.80 Å². The molecule has 0 fully saturated rings. The summed E-state index contributed by atoms with van der Waals surface area (Å²) in [4.78, 5) is 4.60. The van der Waals surface area contributed by atoms with E-state index in [4.69, 9.17) is 0 Å². The topological polar surface area (TPSA) is 54.1 Å². The highest BCUT2D eigenvalue weighted by molar-refractivity contribution is 5.93. The van der Waals surface area contributed by atoms with Gasteiger partial charge in [-0.3, -0.25) is 0 Å². The molecule has 4 nitrogen and oxygen atoms in total. The van der Waals surface area contributed by atoms with E-state index in [1.165, 1.54) is 61.2 Å². The molecule has 0 spiro atoms. The summed E-state index contributed by atoms with van der Waals surface area (Å²) in [7, 11) is 0. The van der Waals surface area contributed by atoms with E-state index in [1.807, 2.05) is 48.5 Å². The predicted molar refractivity (Wildman–Crippen MR) is 235 cm³/mol. The maximum Gasteiger partial charge on any atom is 0.0991 e. The fraction of sp³-hybridized carbons (Fsp3) is 0.170. The Morgan fingerprint density at radius 3 is 1.28 bits per heavy atom. The predicted octanol–water partition coefficient (Wildman–Crippen LogP) is 13.9. The Balaban J connectivity index is 1.15. The maximum absolute atomic E-state index is 9.53. The Morgan fingerprint density at radius 1 is 0.386 bits per heavy atom. The van der Waals surface area contributed by atoms with Crippen molar-refractivity contribution >= 4 is 34.1 Å². The lowest BCUT2D eigenvalue weighted by atomic mass is 9.79. The van der Waals surface area contributed by atoms with Crippen molar-refractivity contribution in [3.63, 3.8) is 0 Å². The van der Waals surface area contributed by atoms with Gasteiger partial charge >= 0.3 is 0 Å². The van der Waals surface area contributed by atoms with Gasteiger partial charge in [0.05, 0.1) is 23.3 Å². The maximum atomic E-state index is 9.53. The van der Waals surface area contributed by atoms with Gasteiger partial charge in [0.25, 0.3) is 0 Å². The first kappa shape index (κ1) is 35.8. The smallest absolute Gasteiger partial charge is 0.0991 e. The second-order valence-corrected chi connectivity index (χ2v) is 16.8. The second kappa shape index (κ2) is 13.1. The van der Waals surface area contributed by atoms with E-state index in [-0.39, 0.29) is 10.8 Å². The average Bonchev–Trinajstić information content (AvgIpc) is 3.58. The SMILES string of the molecule is Cc1ccc(N(c2ccc(C#N)cc2)c2ccc3c(c2)C(C)(C)c2cc4c(cc2-3)C(C)(C)c2cc(N(c3ccc(C)cc3)c3ccc(C#N)cc3)cc(C)c2-4)cc1. The third-order valence-electron chi connectivity index (χ3n) is 12.3. The first-order valence-electron chi connectivity index (χ1n) is 19.6. The largest absolute Gasteiger partial charge is 0.310 e. The van der Waals surface area contributed by atoms with Crippen LogP contribution in [0.4, 0.5) is 34.1 Å². The summed E-state index contributed by atoms with van der Waals surface area (Å²) >= 11 is 0. The van der Waals surface area contributed by atoms with Crippen molar-refractivity contribution < 1.29 is 0 Å². The molecule has 7 aromatic carbocycles. The number of fused-ring (bicyclic) bond motifs is 6. The van der Waals surface area contributed by atoms with Crippen molar-refractivity contribution in [1.29, 1.82) is 10.5 Å². The average molecular weight is 737 g/mol. The molecule has 0 unspecified atom stereocenters. The Morgan fingerprint density at radius 2 is 0.772 bits per heavy atom. The first-order valence-corrected chi connectivity index (χ1v) is 19.6. The standard InChI is InChI=1S/C53H44N4/c1-33-8-16-38(17-9-33)56(40-20-12-36(31-54)13-21-40)42-24-25-44-45-29-49-46(30-48(45)52(4,5)47(44)27-42)51-35(3)26-43(28-50(51)53(49,6)7)57(39-18-10-34(2)11-19-39)41-22-14-37(32-55)15-23-41/h8-30H,1-7H3. The Labute approximate surface area is 336 Å². The first-order chi connectivity index (χ1) is 27.4. The number of nitriles is 2. The van der Waals surface area contributed by atoms with E-state index in [1.54, 1.807) is 0 Å². The molecule has 0 aromatic heterocycles. The molecule has 2 aliphatic carbocycles. The molecule has 57 heavy (non-hydrogen) atoms. The summed E-state index contributed by atoms with van der Waals surface area (Å²) in [6.07, 6.45) is 0. The molecule has 7 aromatic rings. The van der Waals surface area contributed by atoms with Gasteiger partial charge in [0.15, 0.2) is 0 Å². The fourth-order valence-electron chi connectivity index (χ4n) is 9.18. The summed E-state index contributed by atoms with van der Waals surface area (Å²) in [5.41, 5.74) is 21.4. The highest BCUT2D eigenvalue weighted by atomic mass is 15.1. The summed E-state index contributed by atoms with van der Waals surface area (Å²) in [5.74, 6) is 0. The molecular formula is C53H44N4. The third kappa shape index (κ3) is 5.72. The van der Waals surface area contributed by atoms with E-state index in [0.29, 0.717) is 11.1 Å². The molecule has 276 valence electrons. The van der Waals surface area contributed by atoms with Gasteiger partial charge in [-0.05, 0) is 180 Å². The molecule has 0 N–H and O–H groups in total. The second-order valence-electron chi connectivity index (χ2n) is 16.8. The van der Waals surface area contributed by atoms with Gasteiger partial charge in [-0.1, -0.05) is 69.2 Å². The van der Waals surface area contributed by atoms with Gasteiger partial charge in [-0.15, -0.1) is 0 Å². The van der Waals surface area contributed by atoms with Crippen molar-refractivity contribution in [3.8, 4) is 34.4 Å². The summed E-state index contributed by atoms with van der Waals surface area (Å²) < 4.78 is 0. The number of rotatable bonds is 6. The van der Waals surface area contributed by atoms with E-state index in [0.717, 1.165) is 34.1 Å². The minimum absolute atomic E-state index is 0.238. The summed E-state index contributed by atoms with van der Waals surface area (Å²) in [6.45, 7) is 15.9. The molecule has 0 heterocycles. The van der Waals surface area contributed by atoms with Crippen LogP contribution in [0.25, 0.3) is 22.3 Å². The number of benzene rings is 7. The van der Waals surface area contributed by atoms with Crippen molar-refractivity contribution in [2.24, 2.45) is 0 Å². The van der Waals surface area contributed by atoms with Gasteiger partial charge in [-0.25, -0.2) is 0 Å². The number of aryl methyl sites for hydroxylation is 3. The lowest BCUT2D eigenvalue weighted by Gasteiger charge is -2.29. The van der Waals surface area contributed by atoms with Crippen LogP contribution in [-0.4, -0.2) is 0 Å². The van der Waals surface area contributed by atoms with Crippen molar-refractivity contribution in [3.05, 3.63) is 190 Å². The van der Waals surface area contributed by atoms with Crippen LogP contribution in [-0.2, 0) is 10.8 Å². The van der Waals surface area contributed by atoms with E-state index >= 15 is 0 Å². The Kier molecular flexibility index (Phi) is 8.24. The summed E-state index contributed by atoms with van der Waals surface area (Å²) in [5, 5.41) is 19.0. The molecule has 0 radical (unpaired) electrons. The van der Waals surface area contributed by atoms with E-state index < -0.39 is 0 Å². The van der Waals surface area contributed by atoms with Crippen LogP contribution in [0.15, 0.2) is 140 Å². The third-order valence-corrected chi connectivity index (χ3v) is 12.3. The minimum atomic E-state index is -0.241. The lowest BCUT2D eigenvalue weighted by Crippen LogP contribution is -2.18. The van der Waals surface area contributed by atoms with Crippen molar-refractivity contribution in [2.45, 2.75) is 59.3 Å². The monoisotopic (exact) mass is 736 g/mol. The normalized spacial score (nSPS) is 13.8. The zero-order chi connectivity index (χ0) is 39.8. The van der Waals surface area contributed by atoms with Crippen LogP contribution in [0.5, 0.6) is 0 Å². The lowest BCUT2D eigenvalue weighted by molar-refractivity contribution is 0.652. The van der Waals surface area contributed by atoms with Crippen LogP contribution in [0, 0.1) is 43.4 Å². The molecule has 9 rings (SSSR count). The van der Waals surface area contributed by atoms with Crippen molar-refractivity contribution in [1.82, 2.24) is 0 Å². The van der Waals surface area contributed by atoms with Gasteiger partial charge in [-0.2, -0.15) is 10.5 Å². The van der Waals surface area contributed by atoms with Gasteiger partial charge in [0.1, 0.15) is 0 Å². The molecule has 0 aliphatic heterocycles. The highest BCUT2D eigenvalue weighted by Gasteiger charge is 2.43. The van der Waals surface area contributed by atoms with Crippen LogP contribution >= 0.6 is 0 Å². The van der Waals surface area contributed by atoms with E-state index in [2.05, 4.69) is 161 Å². The molecule has 0 bridgehead atoms. The molecule has 0 saturated carbocycles. The zero-order valence-electron chi connectivity index (χ0n) is 33.6. The van der Waals surface area contributed by atoms with Crippen LogP contribution in [0.1, 0.15) is 77.8 Å². The van der Waals surface area contributed by atoms with Crippen LogP contribution in [0.3, 0.4) is 0 Å². The zero-order valence-corrected chi connectivity index (χ0v) is 33.6. The minimum Gasteiger partial charge on any atom is -0.310 e. The Hall–Kier alpha value is -6.88. The summed E-state index contributed by atoms with van der Waals surface area (Å²) in [6, 6.07) is 54.2. The molecule has 0 saturated heterocycles. The molecule has 2 aliphatic rings. The number of anilines is 6. The van der Waals surface area contributed by atoms with Gasteiger partial charge < -0.3 is 9.80 Å². The molecule has 0 amide bonds. The highest BCUT2D eigenvalue weighted by Crippen LogP contribution is 2.58. The number of hydrogen-bond donors (Lipinski definition) is 0. The van der Waals surface area contributed by atoms with Gasteiger partial charge in [0.2, 0.25) is 0 Å². The van der Waals surface area contributed by atoms with Crippen LogP contribution < -0.4 is 9.80 Å². The van der Waals surface area contributed by atoms with Crippen LogP contribution in [0.2, 0.25) is 0 Å². The quantitative estimate of drug-likeness (QED) is 0.171. The number of hydrogen-bond acceptors (Lipinski definition) is 4. The Bertz CT molecular complexity index is 2810. The molecule has 0 atom stereocenters. The number of nitrogens with zero attached hydrogens (tertiary/aromatic N) is 4. The fourth-order valence-corrected chi connectivity index (χ4v) is 9.18. The molecule has 4 heteroatoms. The molecular weight excluding hydrogens is 693 g/mol.